The third-order valence-electron chi connectivity index (χ3n) is 3.32. The molecular formula is C13H17FN2O3S. The number of nitrogens with zero attached hydrogens (tertiary/aromatic N) is 2. The molecule has 1 aliphatic heterocycles. The molecule has 1 fully saturated rings. The van der Waals surface area contributed by atoms with Gasteiger partial charge in [0.15, 0.2) is 9.84 Å². The summed E-state index contributed by atoms with van der Waals surface area (Å²) in [6, 6.07) is 4.73. The number of hydrogen-bond donors (Lipinski definition) is 0. The van der Waals surface area contributed by atoms with Gasteiger partial charge in [0, 0.05) is 26.2 Å². The Labute approximate surface area is 117 Å². The molecule has 1 amide bonds. The monoisotopic (exact) mass is 300 g/mol. The first-order valence-electron chi connectivity index (χ1n) is 6.33. The van der Waals surface area contributed by atoms with E-state index in [1.807, 2.05) is 7.05 Å². The van der Waals surface area contributed by atoms with Crippen molar-refractivity contribution in [1.29, 1.82) is 0 Å². The summed E-state index contributed by atoms with van der Waals surface area (Å²) in [5, 5.41) is 0. The molecule has 2 rings (SSSR count). The Hall–Kier alpha value is -1.47. The van der Waals surface area contributed by atoms with E-state index in [9.17, 15) is 17.6 Å². The zero-order valence-electron chi connectivity index (χ0n) is 11.3. The molecule has 110 valence electrons. The summed E-state index contributed by atoms with van der Waals surface area (Å²) in [5.41, 5.74) is 0. The topological polar surface area (TPSA) is 57.7 Å². The first-order chi connectivity index (χ1) is 9.38. The number of amides is 1. The van der Waals surface area contributed by atoms with E-state index in [-0.39, 0.29) is 4.90 Å². The van der Waals surface area contributed by atoms with E-state index in [1.54, 1.807) is 0 Å². The van der Waals surface area contributed by atoms with Crippen LogP contribution in [0.3, 0.4) is 0 Å². The Kier molecular flexibility index (Phi) is 4.39. The predicted octanol–water partition coefficient (Wildman–Crippen LogP) is 0.373. The van der Waals surface area contributed by atoms with E-state index in [1.165, 1.54) is 23.1 Å². The van der Waals surface area contributed by atoms with Crippen LogP contribution in [0.1, 0.15) is 0 Å². The minimum absolute atomic E-state index is 0.153. The molecule has 7 heteroatoms. The number of hydrogen-bond acceptors (Lipinski definition) is 4. The lowest BCUT2D eigenvalue weighted by atomic mass is 10.3. The normalized spacial score (nSPS) is 17.2. The van der Waals surface area contributed by atoms with E-state index in [2.05, 4.69) is 4.90 Å². The largest absolute Gasteiger partial charge is 0.339 e. The van der Waals surface area contributed by atoms with Crippen molar-refractivity contribution in [2.75, 3.05) is 39.0 Å². The number of likely N-dealkylation sites (N-methyl/N-ethyl adjacent to an activating group) is 1. The molecule has 1 aromatic carbocycles. The second-order valence-corrected chi connectivity index (χ2v) is 6.89. The summed E-state index contributed by atoms with van der Waals surface area (Å²) >= 11 is 0. The highest BCUT2D eigenvalue weighted by Gasteiger charge is 2.25. The minimum atomic E-state index is -3.79. The van der Waals surface area contributed by atoms with Crippen molar-refractivity contribution in [1.82, 2.24) is 9.80 Å². The van der Waals surface area contributed by atoms with Crippen molar-refractivity contribution >= 4 is 15.7 Å². The number of rotatable bonds is 3. The average molecular weight is 300 g/mol. The predicted molar refractivity (Wildman–Crippen MR) is 72.5 cm³/mol. The van der Waals surface area contributed by atoms with Crippen LogP contribution in [0.15, 0.2) is 29.2 Å². The molecule has 0 saturated carbocycles. The summed E-state index contributed by atoms with van der Waals surface area (Å²) in [4.78, 5) is 15.5. The van der Waals surface area contributed by atoms with Gasteiger partial charge < -0.3 is 9.80 Å². The van der Waals surface area contributed by atoms with Gasteiger partial charge in [0.25, 0.3) is 0 Å². The molecule has 0 N–H and O–H groups in total. The lowest BCUT2D eigenvalue weighted by molar-refractivity contribution is -0.129. The molecule has 0 atom stereocenters. The minimum Gasteiger partial charge on any atom is -0.339 e. The Morgan fingerprint density at radius 1 is 1.25 bits per heavy atom. The summed E-state index contributed by atoms with van der Waals surface area (Å²) in [7, 11) is -1.84. The standard InChI is InChI=1S/C13H17FN2O3S/c1-15-5-7-16(8-6-15)13(17)10-20(18,19)12-4-2-3-11(14)9-12/h2-4,9H,5-8,10H2,1H3. The third-order valence-corrected chi connectivity index (χ3v) is 4.92. The van der Waals surface area contributed by atoms with Crippen LogP contribution >= 0.6 is 0 Å². The van der Waals surface area contributed by atoms with Crippen molar-refractivity contribution < 1.29 is 17.6 Å². The molecule has 0 bridgehead atoms. The van der Waals surface area contributed by atoms with Crippen LogP contribution in [-0.2, 0) is 14.6 Å². The van der Waals surface area contributed by atoms with Crippen molar-refractivity contribution in [3.8, 4) is 0 Å². The number of sulfone groups is 1. The molecule has 0 radical (unpaired) electrons. The maximum atomic E-state index is 13.1. The smallest absolute Gasteiger partial charge is 0.238 e. The molecule has 0 unspecified atom stereocenters. The maximum absolute atomic E-state index is 13.1. The highest BCUT2D eigenvalue weighted by atomic mass is 32.2. The number of piperazine rings is 1. The Morgan fingerprint density at radius 2 is 1.90 bits per heavy atom. The highest BCUT2D eigenvalue weighted by Crippen LogP contribution is 2.13. The average Bonchev–Trinajstić information content (AvgIpc) is 2.39. The maximum Gasteiger partial charge on any atom is 0.238 e. The third kappa shape index (κ3) is 3.55. The molecule has 20 heavy (non-hydrogen) atoms. The molecule has 0 spiro atoms. The van der Waals surface area contributed by atoms with Crippen LogP contribution in [0, 0.1) is 5.82 Å². The quantitative estimate of drug-likeness (QED) is 0.809. The van der Waals surface area contributed by atoms with Gasteiger partial charge in [-0.05, 0) is 25.2 Å². The summed E-state index contributed by atoms with van der Waals surface area (Å²) in [6.45, 7) is 2.50. The van der Waals surface area contributed by atoms with Gasteiger partial charge in [-0.15, -0.1) is 0 Å². The molecule has 0 aromatic heterocycles. The van der Waals surface area contributed by atoms with Crippen molar-refractivity contribution in [3.05, 3.63) is 30.1 Å². The van der Waals surface area contributed by atoms with Crippen LogP contribution in [0.5, 0.6) is 0 Å². The zero-order chi connectivity index (χ0) is 14.8. The first-order valence-corrected chi connectivity index (χ1v) is 7.98. The van der Waals surface area contributed by atoms with E-state index >= 15 is 0 Å². The fourth-order valence-corrected chi connectivity index (χ4v) is 3.31. The number of carbonyl (C=O) groups excluding carboxylic acids is 1. The van der Waals surface area contributed by atoms with Gasteiger partial charge in [0.1, 0.15) is 11.6 Å². The molecule has 1 aromatic rings. The van der Waals surface area contributed by atoms with Crippen molar-refractivity contribution in [2.45, 2.75) is 4.90 Å². The Balaban J connectivity index is 2.07. The van der Waals surface area contributed by atoms with E-state index < -0.39 is 27.3 Å². The summed E-state index contributed by atoms with van der Waals surface area (Å²) < 4.78 is 37.2. The van der Waals surface area contributed by atoms with Gasteiger partial charge in [-0.1, -0.05) is 6.07 Å². The molecule has 0 aliphatic carbocycles. The molecule has 1 saturated heterocycles. The van der Waals surface area contributed by atoms with Crippen LogP contribution in [0.2, 0.25) is 0 Å². The second kappa shape index (κ2) is 5.88. The lowest BCUT2D eigenvalue weighted by Crippen LogP contribution is -2.48. The lowest BCUT2D eigenvalue weighted by Gasteiger charge is -2.32. The Morgan fingerprint density at radius 3 is 2.50 bits per heavy atom. The van der Waals surface area contributed by atoms with Gasteiger partial charge >= 0.3 is 0 Å². The van der Waals surface area contributed by atoms with Crippen molar-refractivity contribution in [2.24, 2.45) is 0 Å². The van der Waals surface area contributed by atoms with Crippen molar-refractivity contribution in [3.63, 3.8) is 0 Å². The number of carbonyl (C=O) groups is 1. The zero-order valence-corrected chi connectivity index (χ0v) is 12.1. The van der Waals surface area contributed by atoms with E-state index in [0.717, 1.165) is 19.2 Å². The first kappa shape index (κ1) is 14.9. The van der Waals surface area contributed by atoms with E-state index in [0.29, 0.717) is 13.1 Å². The van der Waals surface area contributed by atoms with E-state index in [4.69, 9.17) is 0 Å². The second-order valence-electron chi connectivity index (χ2n) is 4.90. The SMILES string of the molecule is CN1CCN(C(=O)CS(=O)(=O)c2cccc(F)c2)CC1. The van der Waals surface area contributed by atoms with Gasteiger partial charge in [-0.2, -0.15) is 0 Å². The fraction of sp³-hybridized carbons (Fsp3) is 0.462. The van der Waals surface area contributed by atoms with Crippen LogP contribution in [-0.4, -0.2) is 63.1 Å². The molecule has 5 nitrogen and oxygen atoms in total. The Bertz CT molecular complexity index is 595. The van der Waals surface area contributed by atoms with Crippen LogP contribution in [0.4, 0.5) is 4.39 Å². The molecule has 1 aliphatic rings. The number of halogens is 1. The van der Waals surface area contributed by atoms with Crippen LogP contribution < -0.4 is 0 Å². The van der Waals surface area contributed by atoms with Gasteiger partial charge in [-0.3, -0.25) is 4.79 Å². The number of benzene rings is 1. The summed E-state index contributed by atoms with van der Waals surface area (Å²) in [6.07, 6.45) is 0. The van der Waals surface area contributed by atoms with Gasteiger partial charge in [-0.25, -0.2) is 12.8 Å². The summed E-state index contributed by atoms with van der Waals surface area (Å²) in [5.74, 6) is -1.67. The van der Waals surface area contributed by atoms with Gasteiger partial charge in [0.2, 0.25) is 5.91 Å². The highest BCUT2D eigenvalue weighted by molar-refractivity contribution is 7.92. The molecule has 1 heterocycles. The molecular weight excluding hydrogens is 283 g/mol. The van der Waals surface area contributed by atoms with Gasteiger partial charge in [0.05, 0.1) is 4.90 Å². The fourth-order valence-electron chi connectivity index (χ4n) is 2.05. The van der Waals surface area contributed by atoms with Crippen LogP contribution in [0.25, 0.3) is 0 Å².